The highest BCUT2D eigenvalue weighted by Gasteiger charge is 2.66. The van der Waals surface area contributed by atoms with E-state index in [1.165, 1.54) is 51.1 Å². The van der Waals surface area contributed by atoms with Gasteiger partial charge in [0.05, 0.1) is 25.4 Å². The molecule has 0 unspecified atom stereocenters. The molecule has 0 aromatic heterocycles. The highest BCUT2D eigenvalue weighted by Crippen LogP contribution is 2.70. The molecule has 0 radical (unpaired) electrons. The zero-order chi connectivity index (χ0) is 43.4. The summed E-state index contributed by atoms with van der Waals surface area (Å²) >= 11 is 0. The zero-order valence-electron chi connectivity index (χ0n) is 36.3. The lowest BCUT2D eigenvalue weighted by Crippen LogP contribution is -2.67. The fourth-order valence-corrected chi connectivity index (χ4v) is 14.7. The van der Waals surface area contributed by atoms with Crippen LogP contribution in [0.5, 0.6) is 0 Å². The van der Waals surface area contributed by atoms with E-state index in [0.29, 0.717) is 42.1 Å². The third-order valence-corrected chi connectivity index (χ3v) is 18.0. The van der Waals surface area contributed by atoms with Crippen molar-refractivity contribution >= 4 is 0 Å². The van der Waals surface area contributed by atoms with E-state index >= 15 is 0 Å². The maximum absolute atomic E-state index is 11.6. The van der Waals surface area contributed by atoms with Gasteiger partial charge in [-0.05, 0) is 111 Å². The monoisotopic (exact) mass is 867 g/mol. The second-order valence-corrected chi connectivity index (χ2v) is 21.2. The number of rotatable bonds is 8. The largest absolute Gasteiger partial charge is 0.394 e. The minimum Gasteiger partial charge on any atom is -0.394 e. The predicted molar refractivity (Wildman–Crippen MR) is 215 cm³/mol. The van der Waals surface area contributed by atoms with Crippen molar-refractivity contribution in [3.63, 3.8) is 0 Å². The summed E-state index contributed by atoms with van der Waals surface area (Å²) < 4.78 is 36.8. The third-order valence-electron chi connectivity index (χ3n) is 18.0. The van der Waals surface area contributed by atoms with Gasteiger partial charge in [0.15, 0.2) is 18.9 Å². The normalized spacial score (nSPS) is 57.3. The van der Waals surface area contributed by atoms with Crippen molar-refractivity contribution in [3.05, 3.63) is 11.6 Å². The lowest BCUT2D eigenvalue weighted by Gasteiger charge is -2.58. The first-order valence-corrected chi connectivity index (χ1v) is 23.4. The molecule has 0 bridgehead atoms. The van der Waals surface area contributed by atoms with Crippen LogP contribution < -0.4 is 0 Å². The summed E-state index contributed by atoms with van der Waals surface area (Å²) in [6, 6.07) is 1.43. The molecule has 0 amide bonds. The highest BCUT2D eigenvalue weighted by atomic mass is 16.8. The average molecular weight is 868 g/mol. The number of nitrogens with zero attached hydrogens (tertiary/aromatic N) is 1. The van der Waals surface area contributed by atoms with Gasteiger partial charge in [-0.15, -0.1) is 0 Å². The van der Waals surface area contributed by atoms with Gasteiger partial charge in [-0.25, -0.2) is 0 Å². The summed E-state index contributed by atoms with van der Waals surface area (Å²) in [5, 5.41) is 95.8. The average Bonchev–Trinajstić information content (AvgIpc) is 3.71. The first-order chi connectivity index (χ1) is 29.0. The van der Waals surface area contributed by atoms with Crippen molar-refractivity contribution in [2.75, 3.05) is 19.8 Å². The molecule has 4 aliphatic carbocycles. The Morgan fingerprint density at radius 3 is 2.05 bits per heavy atom. The molecule has 8 fully saturated rings. The van der Waals surface area contributed by atoms with E-state index < -0.39 is 105 Å². The molecule has 9 aliphatic rings. The molecular weight excluding hydrogens is 794 g/mol. The second-order valence-electron chi connectivity index (χ2n) is 21.2. The molecule has 16 heteroatoms. The molecular formula is C45H73NO15. The van der Waals surface area contributed by atoms with Crippen LogP contribution in [0.1, 0.15) is 92.4 Å². The van der Waals surface area contributed by atoms with Crippen LogP contribution >= 0.6 is 0 Å². The van der Waals surface area contributed by atoms with Gasteiger partial charge in [0, 0.05) is 18.6 Å². The predicted octanol–water partition coefficient (Wildman–Crippen LogP) is 0.155. The van der Waals surface area contributed by atoms with Crippen LogP contribution in [0.15, 0.2) is 11.6 Å². The Labute approximate surface area is 359 Å². The van der Waals surface area contributed by atoms with Gasteiger partial charge in [0.2, 0.25) is 0 Å². The number of piperidine rings is 1. The minimum absolute atomic E-state index is 0.00462. The van der Waals surface area contributed by atoms with Crippen molar-refractivity contribution in [1.29, 1.82) is 0 Å². The van der Waals surface area contributed by atoms with Crippen LogP contribution in [0.4, 0.5) is 0 Å². The molecule has 5 aliphatic heterocycles. The Bertz CT molecular complexity index is 1590. The Morgan fingerprint density at radius 2 is 1.33 bits per heavy atom. The number of ether oxygens (including phenoxy) is 6. The summed E-state index contributed by atoms with van der Waals surface area (Å²) in [6.45, 7) is 11.4. The van der Waals surface area contributed by atoms with Crippen LogP contribution in [-0.2, 0) is 28.4 Å². The number of hydrogen-bond donors (Lipinski definition) is 9. The number of aliphatic hydroxyl groups is 9. The lowest BCUT2D eigenvalue weighted by molar-refractivity contribution is -0.394. The molecule has 61 heavy (non-hydrogen) atoms. The fourth-order valence-electron chi connectivity index (χ4n) is 14.7. The van der Waals surface area contributed by atoms with Crippen molar-refractivity contribution in [2.24, 2.45) is 46.3 Å². The van der Waals surface area contributed by atoms with Gasteiger partial charge in [-0.3, -0.25) is 4.90 Å². The topological polar surface area (TPSA) is 241 Å². The SMILES string of the molecule is C[C@H]1CC[C@@H]2[C@@H](C)[C@H]3[C@H](C[C@@H]4[C@H]5CC=C6C[C@@H](O[C@H]7O[C@@H](CO)[C@H](O)[C@@H](O[C@H]8O[C@@H](CO)[C@H](O)[C@@H](O)[C@@H]8O)[C@@H]7O[C@H]7O[C@@H](C)[C@H](O)[C@@H](O)[C@@H]7O)CC[C@]6(C)[C@@H]5CC[C@]34C)N2C1. The maximum atomic E-state index is 11.6. The summed E-state index contributed by atoms with van der Waals surface area (Å²) in [6.07, 6.45) is -11.1. The van der Waals surface area contributed by atoms with Crippen molar-refractivity contribution in [1.82, 2.24) is 4.90 Å². The molecule has 9 N–H and O–H groups in total. The van der Waals surface area contributed by atoms with Crippen molar-refractivity contribution in [3.8, 4) is 0 Å². The molecule has 0 aromatic carbocycles. The standard InChI is InChI=1S/C45H73NO15/c1-19-6-9-27-20(2)31-28(46(27)16-19)15-26-24-8-7-22-14-23(10-12-44(22,4)25(24)11-13-45(26,31)5)57-43-40(61-41-37(54)35(52)32(49)21(3)56-41)39(34(51)30(18-48)59-43)60-42-38(55)36(53)33(50)29(17-47)58-42/h7,19-21,23-43,47-55H,6,8-18H2,1-5H3/t19-,20+,21-,23-,24-,25+,26+,27+,28-,29-,30-,31-,32-,33-,34-,35+,36+,37-,38-,39+,40-,41+,42+,43-,44-,45-/m0/s1. The Morgan fingerprint density at radius 1 is 0.672 bits per heavy atom. The molecule has 5 heterocycles. The van der Waals surface area contributed by atoms with E-state index in [1.54, 1.807) is 0 Å². The van der Waals surface area contributed by atoms with E-state index in [1.807, 2.05) is 0 Å². The third kappa shape index (κ3) is 7.42. The number of hydrogen-bond acceptors (Lipinski definition) is 16. The smallest absolute Gasteiger partial charge is 0.187 e. The Hall–Kier alpha value is -0.900. The van der Waals surface area contributed by atoms with Crippen LogP contribution in [-0.4, -0.2) is 181 Å². The summed E-state index contributed by atoms with van der Waals surface area (Å²) in [5.74, 6) is 4.15. The number of fused-ring (bicyclic) bond motifs is 9. The molecule has 0 spiro atoms. The van der Waals surface area contributed by atoms with Gasteiger partial charge < -0.3 is 74.4 Å². The van der Waals surface area contributed by atoms with Gasteiger partial charge in [-0.2, -0.15) is 0 Å². The van der Waals surface area contributed by atoms with Gasteiger partial charge in [0.1, 0.15) is 67.1 Å². The van der Waals surface area contributed by atoms with Crippen molar-refractivity contribution < 1.29 is 74.4 Å². The molecule has 5 saturated heterocycles. The Kier molecular flexibility index (Phi) is 12.7. The van der Waals surface area contributed by atoms with Crippen LogP contribution in [0.3, 0.4) is 0 Å². The van der Waals surface area contributed by atoms with Gasteiger partial charge >= 0.3 is 0 Å². The van der Waals surface area contributed by atoms with Crippen LogP contribution in [0.25, 0.3) is 0 Å². The quantitative estimate of drug-likeness (QED) is 0.148. The minimum atomic E-state index is -1.83. The van der Waals surface area contributed by atoms with E-state index in [9.17, 15) is 46.0 Å². The van der Waals surface area contributed by atoms with Gasteiger partial charge in [0.25, 0.3) is 0 Å². The van der Waals surface area contributed by atoms with Crippen molar-refractivity contribution in [2.45, 2.75) is 203 Å². The van der Waals surface area contributed by atoms with Crippen LogP contribution in [0.2, 0.25) is 0 Å². The van der Waals surface area contributed by atoms with E-state index in [-0.39, 0.29) is 11.5 Å². The second kappa shape index (κ2) is 17.1. The molecule has 3 saturated carbocycles. The molecule has 0 aromatic rings. The molecule has 26 atom stereocenters. The lowest BCUT2D eigenvalue weighted by atomic mass is 9.47. The summed E-state index contributed by atoms with van der Waals surface area (Å²) in [4.78, 5) is 2.94. The Balaban J connectivity index is 0.952. The molecule has 9 rings (SSSR count). The maximum Gasteiger partial charge on any atom is 0.187 e. The van der Waals surface area contributed by atoms with Crippen LogP contribution in [0, 0.1) is 46.3 Å². The molecule has 348 valence electrons. The first kappa shape index (κ1) is 45.3. The summed E-state index contributed by atoms with van der Waals surface area (Å²) in [5.41, 5.74) is 1.72. The molecule has 16 nitrogen and oxygen atoms in total. The van der Waals surface area contributed by atoms with E-state index in [0.717, 1.165) is 36.6 Å². The van der Waals surface area contributed by atoms with Gasteiger partial charge in [-0.1, -0.05) is 39.3 Å². The van der Waals surface area contributed by atoms with E-state index in [4.69, 9.17) is 28.4 Å². The highest BCUT2D eigenvalue weighted by molar-refractivity contribution is 5.27. The number of aliphatic hydroxyl groups excluding tert-OH is 9. The van der Waals surface area contributed by atoms with E-state index in [2.05, 4.69) is 38.7 Å². The fraction of sp³-hybridized carbons (Fsp3) is 0.956. The summed E-state index contributed by atoms with van der Waals surface area (Å²) in [7, 11) is 0. The first-order valence-electron chi connectivity index (χ1n) is 23.4. The zero-order valence-corrected chi connectivity index (χ0v) is 36.3. The number of allylic oxidation sites excluding steroid dienone is 1.